The van der Waals surface area contributed by atoms with E-state index in [1.54, 1.807) is 6.07 Å². The highest BCUT2D eigenvalue weighted by molar-refractivity contribution is 8.00. The van der Waals surface area contributed by atoms with Crippen molar-refractivity contribution in [2.75, 3.05) is 10.6 Å². The van der Waals surface area contributed by atoms with Gasteiger partial charge in [0.2, 0.25) is 5.91 Å². The number of thioether (sulfide) groups is 1. The number of anilines is 2. The van der Waals surface area contributed by atoms with Crippen LogP contribution in [0.1, 0.15) is 49.2 Å². The van der Waals surface area contributed by atoms with Crippen molar-refractivity contribution < 1.29 is 9.59 Å². The first-order chi connectivity index (χ1) is 15.1. The van der Waals surface area contributed by atoms with E-state index in [2.05, 4.69) is 31.4 Å². The van der Waals surface area contributed by atoms with E-state index >= 15 is 0 Å². The van der Waals surface area contributed by atoms with E-state index in [9.17, 15) is 9.59 Å². The van der Waals surface area contributed by atoms with Crippen molar-refractivity contribution >= 4 is 35.0 Å². The predicted octanol–water partition coefficient (Wildman–Crippen LogP) is 6.66. The number of benzene rings is 3. The largest absolute Gasteiger partial charge is 0.325 e. The standard InChI is InChI=1S/C27H30N2O2S/c1-18-9-15-24(16-10-18)32-19(2)25(30)28-22-7-6-8-23(17-22)29-26(31)20-11-13-21(14-12-20)27(3,4)5/h6-17,19H,1-5H3,(H,28,30)(H,29,31). The van der Waals surface area contributed by atoms with E-state index in [1.165, 1.54) is 22.9 Å². The first-order valence-electron chi connectivity index (χ1n) is 10.7. The van der Waals surface area contributed by atoms with E-state index < -0.39 is 0 Å². The van der Waals surface area contributed by atoms with Crippen LogP contribution in [0, 0.1) is 6.92 Å². The molecule has 0 heterocycles. The zero-order valence-electron chi connectivity index (χ0n) is 19.2. The van der Waals surface area contributed by atoms with Crippen LogP contribution in [0.25, 0.3) is 0 Å². The molecule has 3 aromatic carbocycles. The van der Waals surface area contributed by atoms with Gasteiger partial charge in [-0.3, -0.25) is 9.59 Å². The van der Waals surface area contributed by atoms with Crippen LogP contribution in [-0.4, -0.2) is 17.1 Å². The number of hydrogen-bond acceptors (Lipinski definition) is 3. The average Bonchev–Trinajstić information content (AvgIpc) is 2.75. The van der Waals surface area contributed by atoms with Crippen LogP contribution in [0.5, 0.6) is 0 Å². The van der Waals surface area contributed by atoms with E-state index in [0.29, 0.717) is 16.9 Å². The van der Waals surface area contributed by atoms with E-state index in [4.69, 9.17) is 0 Å². The Labute approximate surface area is 194 Å². The third kappa shape index (κ3) is 6.47. The summed E-state index contributed by atoms with van der Waals surface area (Å²) < 4.78 is 0. The van der Waals surface area contributed by atoms with Crippen molar-refractivity contribution in [2.24, 2.45) is 0 Å². The summed E-state index contributed by atoms with van der Waals surface area (Å²) >= 11 is 1.51. The predicted molar refractivity (Wildman–Crippen MR) is 135 cm³/mol. The van der Waals surface area contributed by atoms with Crippen LogP contribution in [0.3, 0.4) is 0 Å². The van der Waals surface area contributed by atoms with Crippen molar-refractivity contribution in [3.8, 4) is 0 Å². The molecule has 1 atom stereocenters. The van der Waals surface area contributed by atoms with Crippen LogP contribution >= 0.6 is 11.8 Å². The molecule has 32 heavy (non-hydrogen) atoms. The molecule has 2 N–H and O–H groups in total. The third-order valence-electron chi connectivity index (χ3n) is 5.10. The minimum Gasteiger partial charge on any atom is -0.325 e. The molecule has 0 aliphatic heterocycles. The smallest absolute Gasteiger partial charge is 0.255 e. The van der Waals surface area contributed by atoms with Crippen LogP contribution < -0.4 is 10.6 Å². The highest BCUT2D eigenvalue weighted by Crippen LogP contribution is 2.25. The van der Waals surface area contributed by atoms with Gasteiger partial charge >= 0.3 is 0 Å². The summed E-state index contributed by atoms with van der Waals surface area (Å²) in [6, 6.07) is 23.0. The van der Waals surface area contributed by atoms with E-state index in [1.807, 2.05) is 80.6 Å². The Hall–Kier alpha value is -3.05. The Morgan fingerprint density at radius 2 is 1.44 bits per heavy atom. The fraction of sp³-hybridized carbons (Fsp3) is 0.259. The molecule has 0 aliphatic carbocycles. The van der Waals surface area contributed by atoms with E-state index in [-0.39, 0.29) is 22.5 Å². The number of carbonyl (C=O) groups is 2. The number of nitrogens with one attached hydrogen (secondary N) is 2. The minimum absolute atomic E-state index is 0.0381. The summed E-state index contributed by atoms with van der Waals surface area (Å²) in [5.74, 6) is -0.269. The topological polar surface area (TPSA) is 58.2 Å². The molecule has 2 amide bonds. The molecule has 0 saturated carbocycles. The summed E-state index contributed by atoms with van der Waals surface area (Å²) in [5.41, 5.74) is 4.28. The van der Waals surface area contributed by atoms with Gasteiger partial charge in [0.15, 0.2) is 0 Å². The van der Waals surface area contributed by atoms with Gasteiger partial charge in [0.25, 0.3) is 5.91 Å². The molecule has 0 radical (unpaired) electrons. The molecule has 0 aliphatic rings. The number of amides is 2. The summed E-state index contributed by atoms with van der Waals surface area (Å²) in [6.07, 6.45) is 0. The number of rotatable bonds is 6. The lowest BCUT2D eigenvalue weighted by atomic mass is 9.87. The Balaban J connectivity index is 1.61. The van der Waals surface area contributed by atoms with Crippen LogP contribution in [0.15, 0.2) is 77.7 Å². The van der Waals surface area contributed by atoms with Gasteiger partial charge in [-0.05, 0) is 67.3 Å². The van der Waals surface area contributed by atoms with Gasteiger partial charge in [0, 0.05) is 21.8 Å². The summed E-state index contributed by atoms with van der Waals surface area (Å²) in [7, 11) is 0. The molecule has 0 spiro atoms. The molecule has 1 unspecified atom stereocenters. The molecule has 4 nitrogen and oxygen atoms in total. The molecular formula is C27H30N2O2S. The Bertz CT molecular complexity index is 1080. The molecular weight excluding hydrogens is 416 g/mol. The van der Waals surface area contributed by atoms with Gasteiger partial charge in [-0.1, -0.05) is 56.7 Å². The zero-order valence-corrected chi connectivity index (χ0v) is 20.0. The van der Waals surface area contributed by atoms with Crippen molar-refractivity contribution in [1.82, 2.24) is 0 Å². The lowest BCUT2D eigenvalue weighted by Gasteiger charge is -2.19. The lowest BCUT2D eigenvalue weighted by Crippen LogP contribution is -2.22. The maximum absolute atomic E-state index is 12.6. The van der Waals surface area contributed by atoms with Gasteiger partial charge in [-0.15, -0.1) is 11.8 Å². The van der Waals surface area contributed by atoms with Gasteiger partial charge in [0.1, 0.15) is 0 Å². The third-order valence-corrected chi connectivity index (χ3v) is 6.22. The molecule has 5 heteroatoms. The van der Waals surface area contributed by atoms with Crippen molar-refractivity contribution in [2.45, 2.75) is 50.2 Å². The zero-order chi connectivity index (χ0) is 23.3. The molecule has 0 aromatic heterocycles. The first-order valence-corrected chi connectivity index (χ1v) is 11.6. The Morgan fingerprint density at radius 3 is 2.03 bits per heavy atom. The second kappa shape index (κ2) is 10.0. The Kier molecular flexibility index (Phi) is 7.41. The van der Waals surface area contributed by atoms with Crippen LogP contribution in [0.2, 0.25) is 0 Å². The quantitative estimate of drug-likeness (QED) is 0.416. The lowest BCUT2D eigenvalue weighted by molar-refractivity contribution is -0.115. The number of carbonyl (C=O) groups excluding carboxylic acids is 2. The van der Waals surface area contributed by atoms with Gasteiger partial charge in [0.05, 0.1) is 5.25 Å². The minimum atomic E-state index is -0.253. The highest BCUT2D eigenvalue weighted by Gasteiger charge is 2.16. The van der Waals surface area contributed by atoms with Crippen molar-refractivity contribution in [3.63, 3.8) is 0 Å². The van der Waals surface area contributed by atoms with Crippen molar-refractivity contribution in [3.05, 3.63) is 89.5 Å². The molecule has 0 saturated heterocycles. The van der Waals surface area contributed by atoms with Crippen LogP contribution in [-0.2, 0) is 10.2 Å². The summed E-state index contributed by atoms with van der Waals surface area (Å²) in [5, 5.41) is 5.60. The van der Waals surface area contributed by atoms with Gasteiger partial charge in [-0.25, -0.2) is 0 Å². The summed E-state index contributed by atoms with van der Waals surface area (Å²) in [6.45, 7) is 10.3. The fourth-order valence-corrected chi connectivity index (χ4v) is 3.99. The van der Waals surface area contributed by atoms with E-state index in [0.717, 1.165) is 4.90 Å². The molecule has 3 aromatic rings. The fourth-order valence-electron chi connectivity index (χ4n) is 3.12. The van der Waals surface area contributed by atoms with Crippen molar-refractivity contribution in [1.29, 1.82) is 0 Å². The number of hydrogen-bond donors (Lipinski definition) is 2. The molecule has 166 valence electrons. The maximum atomic E-state index is 12.6. The monoisotopic (exact) mass is 446 g/mol. The highest BCUT2D eigenvalue weighted by atomic mass is 32.2. The first kappa shape index (κ1) is 23.6. The normalized spacial score (nSPS) is 12.2. The summed E-state index contributed by atoms with van der Waals surface area (Å²) in [4.78, 5) is 26.3. The van der Waals surface area contributed by atoms with Gasteiger partial charge < -0.3 is 10.6 Å². The molecule has 3 rings (SSSR count). The second-order valence-corrected chi connectivity index (χ2v) is 10.3. The van der Waals surface area contributed by atoms with Crippen LogP contribution in [0.4, 0.5) is 11.4 Å². The molecule has 0 bridgehead atoms. The average molecular weight is 447 g/mol. The Morgan fingerprint density at radius 1 is 0.844 bits per heavy atom. The van der Waals surface area contributed by atoms with Gasteiger partial charge in [-0.2, -0.15) is 0 Å². The maximum Gasteiger partial charge on any atom is 0.255 e. The molecule has 0 fully saturated rings. The SMILES string of the molecule is Cc1ccc(SC(C)C(=O)Nc2cccc(NC(=O)c3ccc(C(C)(C)C)cc3)c2)cc1. The second-order valence-electron chi connectivity index (χ2n) is 8.92. The number of aryl methyl sites for hydroxylation is 1.